The molecule has 1 aliphatic rings. The van der Waals surface area contributed by atoms with E-state index in [-0.39, 0.29) is 18.2 Å². The van der Waals surface area contributed by atoms with Crippen LogP contribution in [0.2, 0.25) is 0 Å². The molecule has 1 heterocycles. The Bertz CT molecular complexity index is 847. The largest absolute Gasteiger partial charge is 0.347 e. The summed E-state index contributed by atoms with van der Waals surface area (Å²) in [5.74, 6) is -2.02. The molecular weight excluding hydrogens is 516 g/mol. The van der Waals surface area contributed by atoms with Crippen molar-refractivity contribution in [3.63, 3.8) is 0 Å². The monoisotopic (exact) mass is 568 g/mol. The van der Waals surface area contributed by atoms with Gasteiger partial charge in [-0.3, -0.25) is 24.0 Å². The summed E-state index contributed by atoms with van der Waals surface area (Å²) in [5, 5.41) is 14.1. The highest BCUT2D eigenvalue weighted by atomic mass is 16.2. The minimum atomic E-state index is -1.08. The van der Waals surface area contributed by atoms with Crippen molar-refractivity contribution in [3.05, 3.63) is 0 Å². The first-order valence-corrected chi connectivity index (χ1v) is 14.4. The molecule has 1 fully saturated rings. The maximum atomic E-state index is 13.6. The molecular formula is C27H52N8O5. The lowest BCUT2D eigenvalue weighted by atomic mass is 10.0. The van der Waals surface area contributed by atoms with Crippen LogP contribution in [0.15, 0.2) is 0 Å². The summed E-state index contributed by atoms with van der Waals surface area (Å²) in [6, 6.07) is -3.23. The van der Waals surface area contributed by atoms with Crippen LogP contribution in [0.1, 0.15) is 72.1 Å². The molecule has 4 atom stereocenters. The third-order valence-electron chi connectivity index (χ3n) is 7.05. The topological polar surface area (TPSA) is 201 Å². The van der Waals surface area contributed by atoms with Crippen LogP contribution in [-0.4, -0.2) is 104 Å². The average Bonchev–Trinajstić information content (AvgIpc) is 3.40. The normalized spacial score (nSPS) is 17.6. The average molecular weight is 569 g/mol. The Kier molecular flexibility index (Phi) is 15.9. The first kappa shape index (κ1) is 35.4. The molecule has 4 amide bonds. The van der Waals surface area contributed by atoms with E-state index in [9.17, 15) is 24.0 Å². The number of carbonyl (C=O) groups is 5. The molecule has 1 rings (SSSR count). The second-order valence-corrected chi connectivity index (χ2v) is 11.1. The summed E-state index contributed by atoms with van der Waals surface area (Å²) in [4.78, 5) is 65.6. The summed E-state index contributed by atoms with van der Waals surface area (Å²) in [5.41, 5.74) is 10.7. The van der Waals surface area contributed by atoms with Crippen LogP contribution in [0.3, 0.4) is 0 Å². The maximum Gasteiger partial charge on any atom is 0.245 e. The fourth-order valence-corrected chi connectivity index (χ4v) is 4.40. The fourth-order valence-electron chi connectivity index (χ4n) is 4.40. The molecule has 0 aromatic carbocycles. The Morgan fingerprint density at radius 1 is 0.925 bits per heavy atom. The molecule has 13 heteroatoms. The second kappa shape index (κ2) is 17.9. The van der Waals surface area contributed by atoms with Crippen molar-refractivity contribution in [3.8, 4) is 0 Å². The molecule has 4 unspecified atom stereocenters. The number of hydrogen-bond acceptors (Lipinski definition) is 9. The van der Waals surface area contributed by atoms with Crippen LogP contribution in [-0.2, 0) is 24.0 Å². The zero-order chi connectivity index (χ0) is 30.3. The minimum absolute atomic E-state index is 0.222. The van der Waals surface area contributed by atoms with Crippen molar-refractivity contribution < 1.29 is 24.0 Å². The van der Waals surface area contributed by atoms with Gasteiger partial charge in [-0.2, -0.15) is 0 Å². The van der Waals surface area contributed by atoms with Gasteiger partial charge in [0.25, 0.3) is 0 Å². The van der Waals surface area contributed by atoms with Gasteiger partial charge in [-0.05, 0) is 92.9 Å². The van der Waals surface area contributed by atoms with Crippen LogP contribution in [0.5, 0.6) is 0 Å². The smallest absolute Gasteiger partial charge is 0.245 e. The Labute approximate surface area is 238 Å². The molecule has 0 radical (unpaired) electrons. The lowest BCUT2D eigenvalue weighted by Crippen LogP contribution is -2.57. The quantitative estimate of drug-likeness (QED) is 0.0905. The molecule has 0 aromatic rings. The summed E-state index contributed by atoms with van der Waals surface area (Å²) < 4.78 is 0. The lowest BCUT2D eigenvalue weighted by molar-refractivity contribution is -0.142. The number of amides is 4. The van der Waals surface area contributed by atoms with Gasteiger partial charge in [0.15, 0.2) is 5.78 Å². The van der Waals surface area contributed by atoms with Crippen molar-refractivity contribution >= 4 is 29.4 Å². The van der Waals surface area contributed by atoms with E-state index in [0.29, 0.717) is 38.6 Å². The number of likely N-dealkylation sites (tertiary alicyclic amines) is 1. The summed E-state index contributed by atoms with van der Waals surface area (Å²) in [6.45, 7) is 6.41. The van der Waals surface area contributed by atoms with Gasteiger partial charge in [0.2, 0.25) is 23.6 Å². The Morgan fingerprint density at radius 2 is 1.52 bits per heavy atom. The molecule has 0 saturated carbocycles. The highest BCUT2D eigenvalue weighted by Crippen LogP contribution is 2.20. The predicted octanol–water partition coefficient (Wildman–Crippen LogP) is -1.50. The van der Waals surface area contributed by atoms with Gasteiger partial charge in [0.1, 0.15) is 18.1 Å². The minimum Gasteiger partial charge on any atom is -0.347 e. The number of Topliss-reactive ketones (excluding diaryl/α,β-unsaturated/α-hetero) is 1. The van der Waals surface area contributed by atoms with Gasteiger partial charge in [-0.15, -0.1) is 0 Å². The van der Waals surface area contributed by atoms with Crippen molar-refractivity contribution in [2.75, 3.05) is 40.3 Å². The number of ketones is 1. The van der Waals surface area contributed by atoms with E-state index in [1.807, 2.05) is 14.1 Å². The predicted molar refractivity (Wildman–Crippen MR) is 154 cm³/mol. The van der Waals surface area contributed by atoms with E-state index in [1.54, 1.807) is 20.8 Å². The van der Waals surface area contributed by atoms with Gasteiger partial charge in [0.05, 0.1) is 18.1 Å². The van der Waals surface area contributed by atoms with E-state index in [4.69, 9.17) is 11.5 Å². The lowest BCUT2D eigenvalue weighted by Gasteiger charge is -2.30. The standard InChI is InChI=1S/C27H52N8O5/c1-18(33-24(38)19(28)11-6-8-14-30-4)23(37)34-20(12-7-9-15-31-5)26(40)35-16-10-13-21(35)25(39)32-17-22(36)27(2,3)29/h18-21,30-31H,6-17,28-29H2,1-5H3,(H,32,39)(H,33,38)(H,34,37). The van der Waals surface area contributed by atoms with Gasteiger partial charge >= 0.3 is 0 Å². The number of hydrogen-bond donors (Lipinski definition) is 7. The molecule has 0 bridgehead atoms. The molecule has 13 nitrogen and oxygen atoms in total. The molecule has 230 valence electrons. The molecule has 0 spiro atoms. The number of rotatable bonds is 19. The van der Waals surface area contributed by atoms with Gasteiger partial charge in [-0.1, -0.05) is 6.42 Å². The van der Waals surface area contributed by atoms with Gasteiger partial charge in [0, 0.05) is 6.54 Å². The van der Waals surface area contributed by atoms with Gasteiger partial charge in [-0.25, -0.2) is 0 Å². The van der Waals surface area contributed by atoms with E-state index in [2.05, 4.69) is 26.6 Å². The molecule has 1 aliphatic heterocycles. The van der Waals surface area contributed by atoms with Crippen LogP contribution in [0, 0.1) is 0 Å². The SMILES string of the molecule is CNCCCCC(N)C(=O)NC(C)C(=O)NC(CCCCNC)C(=O)N1CCCC1C(=O)NCC(=O)C(C)(C)N. The maximum absolute atomic E-state index is 13.6. The summed E-state index contributed by atoms with van der Waals surface area (Å²) in [6.07, 6.45) is 5.09. The van der Waals surface area contributed by atoms with Gasteiger partial charge < -0.3 is 43.0 Å². The Balaban J connectivity index is 2.84. The van der Waals surface area contributed by atoms with Crippen molar-refractivity contribution in [2.24, 2.45) is 11.5 Å². The number of carbonyl (C=O) groups excluding carboxylic acids is 5. The molecule has 0 aliphatic carbocycles. The third-order valence-corrected chi connectivity index (χ3v) is 7.05. The highest BCUT2D eigenvalue weighted by Gasteiger charge is 2.38. The van der Waals surface area contributed by atoms with E-state index in [1.165, 1.54) is 4.90 Å². The third kappa shape index (κ3) is 12.3. The molecule has 9 N–H and O–H groups in total. The number of nitrogens with zero attached hydrogens (tertiary/aromatic N) is 1. The van der Waals surface area contributed by atoms with Crippen molar-refractivity contribution in [1.29, 1.82) is 0 Å². The molecule has 0 aromatic heterocycles. The molecule has 1 saturated heterocycles. The van der Waals surface area contributed by atoms with Crippen LogP contribution in [0.25, 0.3) is 0 Å². The van der Waals surface area contributed by atoms with Crippen LogP contribution >= 0.6 is 0 Å². The Hall–Kier alpha value is -2.61. The van der Waals surface area contributed by atoms with Crippen molar-refractivity contribution in [1.82, 2.24) is 31.5 Å². The first-order chi connectivity index (χ1) is 18.8. The molecule has 40 heavy (non-hydrogen) atoms. The highest BCUT2D eigenvalue weighted by molar-refractivity contribution is 5.96. The van der Waals surface area contributed by atoms with E-state index in [0.717, 1.165) is 32.4 Å². The van der Waals surface area contributed by atoms with Crippen molar-refractivity contribution in [2.45, 2.75) is 102 Å². The Morgan fingerprint density at radius 3 is 2.10 bits per heavy atom. The van der Waals surface area contributed by atoms with E-state index < -0.39 is 47.4 Å². The summed E-state index contributed by atoms with van der Waals surface area (Å²) in [7, 11) is 3.70. The fraction of sp³-hybridized carbons (Fsp3) is 0.815. The van der Waals surface area contributed by atoms with Crippen LogP contribution in [0.4, 0.5) is 0 Å². The zero-order valence-electron chi connectivity index (χ0n) is 24.9. The van der Waals surface area contributed by atoms with Crippen LogP contribution < -0.4 is 38.1 Å². The number of nitrogens with one attached hydrogen (secondary N) is 5. The summed E-state index contributed by atoms with van der Waals surface area (Å²) >= 11 is 0. The first-order valence-electron chi connectivity index (χ1n) is 14.4. The second-order valence-electron chi connectivity index (χ2n) is 11.1. The number of nitrogens with two attached hydrogens (primary N) is 2. The van der Waals surface area contributed by atoms with E-state index >= 15 is 0 Å². The number of unbranched alkanes of at least 4 members (excludes halogenated alkanes) is 2. The zero-order valence-corrected chi connectivity index (χ0v) is 24.9.